The Morgan fingerprint density at radius 3 is 2.76 bits per heavy atom. The molecule has 0 aliphatic carbocycles. The first-order valence-electron chi connectivity index (χ1n) is 8.20. The predicted molar refractivity (Wildman–Crippen MR) is 91.3 cm³/mol. The van der Waals surface area contributed by atoms with Crippen LogP contribution < -0.4 is 4.90 Å². The van der Waals surface area contributed by atoms with Crippen LogP contribution in [0.3, 0.4) is 0 Å². The van der Waals surface area contributed by atoms with Crippen LogP contribution in [0.5, 0.6) is 0 Å². The molecule has 1 aliphatic heterocycles. The molecular weight excluding hydrogens is 322 g/mol. The van der Waals surface area contributed by atoms with Gasteiger partial charge in [-0.25, -0.2) is 0 Å². The van der Waals surface area contributed by atoms with Crippen LogP contribution in [0.4, 0.5) is 11.4 Å². The third-order valence-corrected chi connectivity index (χ3v) is 4.62. The average molecular weight is 341 g/mol. The van der Waals surface area contributed by atoms with E-state index in [0.29, 0.717) is 36.8 Å². The molecule has 25 heavy (non-hydrogen) atoms. The number of nitrogens with zero attached hydrogens (tertiary/aromatic N) is 5. The zero-order chi connectivity index (χ0) is 17.8. The number of aliphatic hydroxyl groups excluding tert-OH is 1. The summed E-state index contributed by atoms with van der Waals surface area (Å²) < 4.78 is 1.82. The molecule has 0 amide bonds. The van der Waals surface area contributed by atoms with Gasteiger partial charge in [0.25, 0.3) is 5.69 Å². The van der Waals surface area contributed by atoms with E-state index in [-0.39, 0.29) is 12.3 Å². The Labute approximate surface area is 145 Å². The Hall–Kier alpha value is -2.92. The summed E-state index contributed by atoms with van der Waals surface area (Å²) in [6.45, 7) is 1.91. The second kappa shape index (κ2) is 7.32. The number of nitriles is 1. The molecule has 1 fully saturated rings. The normalized spacial score (nSPS) is 15.1. The Kier molecular flexibility index (Phi) is 4.95. The molecule has 0 unspecified atom stereocenters. The maximum Gasteiger partial charge on any atom is 0.293 e. The fourth-order valence-electron chi connectivity index (χ4n) is 3.39. The molecule has 1 N–H and O–H groups in total. The first-order chi connectivity index (χ1) is 12.1. The van der Waals surface area contributed by atoms with Gasteiger partial charge in [0.05, 0.1) is 29.7 Å². The van der Waals surface area contributed by atoms with Crippen LogP contribution in [-0.2, 0) is 6.54 Å². The highest BCUT2D eigenvalue weighted by Crippen LogP contribution is 2.35. The molecule has 2 heterocycles. The van der Waals surface area contributed by atoms with E-state index in [0.717, 1.165) is 18.5 Å². The molecule has 0 atom stereocenters. The van der Waals surface area contributed by atoms with Gasteiger partial charge in [-0.05, 0) is 31.0 Å². The summed E-state index contributed by atoms with van der Waals surface area (Å²) in [7, 11) is 0. The minimum atomic E-state index is -0.432. The minimum absolute atomic E-state index is 0.0252. The largest absolute Gasteiger partial charge is 0.394 e. The standard InChI is InChI=1S/C17H19N5O3/c18-12-13-1-2-16(17(11-13)22(24)25)20-7-4-14(5-8-20)15-3-6-19-21(15)9-10-23/h1-3,6,11,14,23H,4-5,7-10H2. The summed E-state index contributed by atoms with van der Waals surface area (Å²) in [4.78, 5) is 12.9. The van der Waals surface area contributed by atoms with Gasteiger partial charge in [-0.3, -0.25) is 14.8 Å². The molecule has 130 valence electrons. The van der Waals surface area contributed by atoms with E-state index in [4.69, 9.17) is 10.4 Å². The summed E-state index contributed by atoms with van der Waals surface area (Å²) >= 11 is 0. The maximum atomic E-state index is 11.3. The van der Waals surface area contributed by atoms with E-state index in [1.165, 1.54) is 6.07 Å². The minimum Gasteiger partial charge on any atom is -0.394 e. The molecule has 2 aromatic rings. The Balaban J connectivity index is 1.75. The monoisotopic (exact) mass is 341 g/mol. The average Bonchev–Trinajstić information content (AvgIpc) is 3.10. The number of aromatic nitrogens is 2. The Morgan fingerprint density at radius 2 is 2.12 bits per heavy atom. The van der Waals surface area contributed by atoms with Gasteiger partial charge in [-0.1, -0.05) is 0 Å². The van der Waals surface area contributed by atoms with E-state index in [1.54, 1.807) is 18.3 Å². The van der Waals surface area contributed by atoms with Gasteiger partial charge in [-0.15, -0.1) is 0 Å². The molecule has 1 aliphatic rings. The van der Waals surface area contributed by atoms with E-state index in [2.05, 4.69) is 5.10 Å². The van der Waals surface area contributed by atoms with Gasteiger partial charge in [0, 0.05) is 37.0 Å². The van der Waals surface area contributed by atoms with E-state index in [1.807, 2.05) is 21.7 Å². The second-order valence-corrected chi connectivity index (χ2v) is 6.04. The van der Waals surface area contributed by atoms with Crippen LogP contribution in [0, 0.1) is 21.4 Å². The topological polar surface area (TPSA) is 108 Å². The zero-order valence-electron chi connectivity index (χ0n) is 13.7. The van der Waals surface area contributed by atoms with Crippen molar-refractivity contribution in [1.29, 1.82) is 5.26 Å². The van der Waals surface area contributed by atoms with Gasteiger partial charge in [0.2, 0.25) is 0 Å². The second-order valence-electron chi connectivity index (χ2n) is 6.04. The summed E-state index contributed by atoms with van der Waals surface area (Å²) in [6, 6.07) is 8.52. The lowest BCUT2D eigenvalue weighted by Gasteiger charge is -2.33. The molecule has 0 spiro atoms. The van der Waals surface area contributed by atoms with Crippen molar-refractivity contribution in [3.63, 3.8) is 0 Å². The lowest BCUT2D eigenvalue weighted by Crippen LogP contribution is -2.34. The van der Waals surface area contributed by atoms with E-state index in [9.17, 15) is 10.1 Å². The van der Waals surface area contributed by atoms with Crippen LogP contribution in [0.15, 0.2) is 30.5 Å². The highest BCUT2D eigenvalue weighted by molar-refractivity contribution is 5.65. The van der Waals surface area contributed by atoms with Gasteiger partial charge < -0.3 is 10.0 Å². The van der Waals surface area contributed by atoms with E-state index >= 15 is 0 Å². The Morgan fingerprint density at radius 1 is 1.36 bits per heavy atom. The molecule has 1 saturated heterocycles. The Bertz CT molecular complexity index is 803. The van der Waals surface area contributed by atoms with Crippen LogP contribution >= 0.6 is 0 Å². The molecule has 1 aromatic carbocycles. The van der Waals surface area contributed by atoms with Crippen LogP contribution in [0.1, 0.15) is 30.0 Å². The lowest BCUT2D eigenvalue weighted by atomic mass is 9.93. The zero-order valence-corrected chi connectivity index (χ0v) is 13.7. The third kappa shape index (κ3) is 3.46. The molecule has 1 aromatic heterocycles. The first kappa shape index (κ1) is 16.9. The summed E-state index contributed by atoms with van der Waals surface area (Å²) in [6.07, 6.45) is 3.45. The van der Waals surface area contributed by atoms with Crippen molar-refractivity contribution >= 4 is 11.4 Å². The molecule has 0 saturated carbocycles. The fraction of sp³-hybridized carbons (Fsp3) is 0.412. The smallest absolute Gasteiger partial charge is 0.293 e. The van der Waals surface area contributed by atoms with Crippen molar-refractivity contribution in [2.45, 2.75) is 25.3 Å². The molecule has 8 heteroatoms. The SMILES string of the molecule is N#Cc1ccc(N2CCC(c3ccnn3CCO)CC2)c([N+](=O)[O-])c1. The third-order valence-electron chi connectivity index (χ3n) is 4.62. The van der Waals surface area contributed by atoms with Gasteiger partial charge in [0.1, 0.15) is 5.69 Å². The highest BCUT2D eigenvalue weighted by atomic mass is 16.6. The van der Waals surface area contributed by atoms with Gasteiger partial charge in [0.15, 0.2) is 0 Å². The highest BCUT2D eigenvalue weighted by Gasteiger charge is 2.27. The number of nitro groups is 1. The maximum absolute atomic E-state index is 11.3. The molecule has 0 bridgehead atoms. The number of benzene rings is 1. The van der Waals surface area contributed by atoms with Gasteiger partial charge >= 0.3 is 0 Å². The van der Waals surface area contributed by atoms with Crippen molar-refractivity contribution in [1.82, 2.24) is 9.78 Å². The van der Waals surface area contributed by atoms with Gasteiger partial charge in [-0.2, -0.15) is 10.4 Å². The van der Waals surface area contributed by atoms with Crippen LogP contribution in [0.25, 0.3) is 0 Å². The van der Waals surface area contributed by atoms with Crippen molar-refractivity contribution in [2.75, 3.05) is 24.6 Å². The summed E-state index contributed by atoms with van der Waals surface area (Å²) in [5.41, 5.74) is 1.93. The van der Waals surface area contributed by atoms with Crippen molar-refractivity contribution < 1.29 is 10.0 Å². The fourth-order valence-corrected chi connectivity index (χ4v) is 3.39. The van der Waals surface area contributed by atoms with Crippen LogP contribution in [0.2, 0.25) is 0 Å². The summed E-state index contributed by atoms with van der Waals surface area (Å²) in [5, 5.41) is 33.6. The molecule has 3 rings (SSSR count). The van der Waals surface area contributed by atoms with Crippen molar-refractivity contribution in [3.05, 3.63) is 51.8 Å². The van der Waals surface area contributed by atoms with E-state index < -0.39 is 4.92 Å². The first-order valence-corrected chi connectivity index (χ1v) is 8.20. The molecule has 0 radical (unpaired) electrons. The predicted octanol–water partition coefficient (Wildman–Crippen LogP) is 2.04. The van der Waals surface area contributed by atoms with Crippen molar-refractivity contribution in [3.8, 4) is 6.07 Å². The van der Waals surface area contributed by atoms with Crippen molar-refractivity contribution in [2.24, 2.45) is 0 Å². The number of aliphatic hydroxyl groups is 1. The molecular formula is C17H19N5O3. The molecule has 8 nitrogen and oxygen atoms in total. The quantitative estimate of drug-likeness (QED) is 0.658. The summed E-state index contributed by atoms with van der Waals surface area (Å²) in [5.74, 6) is 0.322. The number of nitro benzene ring substituents is 1. The lowest BCUT2D eigenvalue weighted by molar-refractivity contribution is -0.384. The number of piperidine rings is 1. The number of anilines is 1. The number of hydrogen-bond donors (Lipinski definition) is 1. The number of rotatable bonds is 5. The number of hydrogen-bond acceptors (Lipinski definition) is 6. The van der Waals surface area contributed by atoms with Crippen LogP contribution in [-0.4, -0.2) is 39.5 Å².